The molecule has 0 aliphatic rings. The summed E-state index contributed by atoms with van der Waals surface area (Å²) < 4.78 is 23.6. The van der Waals surface area contributed by atoms with Gasteiger partial charge in [-0.25, -0.2) is 0 Å². The van der Waals surface area contributed by atoms with E-state index in [1.165, 1.54) is 6.08 Å². The van der Waals surface area contributed by atoms with Gasteiger partial charge in [0.15, 0.2) is 0 Å². The number of hydrogen-bond acceptors (Lipinski definition) is 5. The van der Waals surface area contributed by atoms with Gasteiger partial charge in [-0.3, -0.25) is 4.57 Å². The molecule has 0 heterocycles. The molecule has 116 valence electrons. The highest BCUT2D eigenvalue weighted by atomic mass is 31.2. The van der Waals surface area contributed by atoms with E-state index >= 15 is 0 Å². The SMILES string of the molecule is CCOP(=O)(OCC)C(=C=C[C@@H](O)CO)c1ccccc1. The van der Waals surface area contributed by atoms with Crippen molar-refractivity contribution in [2.45, 2.75) is 20.0 Å². The molecule has 1 aromatic carbocycles. The van der Waals surface area contributed by atoms with Crippen LogP contribution in [0.5, 0.6) is 0 Å². The molecule has 0 saturated heterocycles. The van der Waals surface area contributed by atoms with E-state index in [1.54, 1.807) is 38.1 Å². The van der Waals surface area contributed by atoms with Crippen molar-refractivity contribution < 1.29 is 23.8 Å². The Hall–Kier alpha value is -1.19. The number of benzene rings is 1. The number of aliphatic hydroxyl groups excluding tert-OH is 2. The van der Waals surface area contributed by atoms with Crippen molar-refractivity contribution >= 4 is 12.9 Å². The third kappa shape index (κ3) is 5.25. The summed E-state index contributed by atoms with van der Waals surface area (Å²) in [6.07, 6.45) is 0.160. The average Bonchev–Trinajstić information content (AvgIpc) is 2.48. The molecule has 2 N–H and O–H groups in total. The second kappa shape index (κ2) is 8.96. The third-order valence-electron chi connectivity index (χ3n) is 2.52. The quantitative estimate of drug-likeness (QED) is 0.570. The lowest BCUT2D eigenvalue weighted by molar-refractivity contribution is 0.131. The van der Waals surface area contributed by atoms with Crippen LogP contribution < -0.4 is 0 Å². The van der Waals surface area contributed by atoms with Crippen LogP contribution in [-0.2, 0) is 13.6 Å². The predicted molar refractivity (Wildman–Crippen MR) is 81.9 cm³/mol. The van der Waals surface area contributed by atoms with Crippen LogP contribution in [-0.4, -0.2) is 36.1 Å². The fourth-order valence-electron chi connectivity index (χ4n) is 1.65. The summed E-state index contributed by atoms with van der Waals surface area (Å²) in [5, 5.41) is 18.5. The minimum atomic E-state index is -3.54. The Morgan fingerprint density at radius 3 is 2.33 bits per heavy atom. The molecule has 1 rings (SSSR count). The van der Waals surface area contributed by atoms with Gasteiger partial charge < -0.3 is 19.3 Å². The van der Waals surface area contributed by atoms with Crippen LogP contribution in [0, 0.1) is 0 Å². The molecule has 6 heteroatoms. The minimum absolute atomic E-state index is 0.220. The van der Waals surface area contributed by atoms with Crippen molar-refractivity contribution in [3.05, 3.63) is 47.7 Å². The van der Waals surface area contributed by atoms with Gasteiger partial charge in [0.1, 0.15) is 11.4 Å². The first-order valence-electron chi connectivity index (χ1n) is 6.78. The highest BCUT2D eigenvalue weighted by Gasteiger charge is 2.30. The van der Waals surface area contributed by atoms with Gasteiger partial charge in [0.2, 0.25) is 0 Å². The smallest absolute Gasteiger partial charge is 0.369 e. The maximum Gasteiger partial charge on any atom is 0.369 e. The lowest BCUT2D eigenvalue weighted by Gasteiger charge is -2.18. The minimum Gasteiger partial charge on any atom is -0.393 e. The summed E-state index contributed by atoms with van der Waals surface area (Å²) in [7, 11) is -3.54. The number of hydrogen-bond donors (Lipinski definition) is 2. The molecule has 1 atom stereocenters. The first-order chi connectivity index (χ1) is 10.1. The number of aliphatic hydroxyl groups is 2. The molecule has 0 radical (unpaired) electrons. The van der Waals surface area contributed by atoms with E-state index < -0.39 is 20.3 Å². The van der Waals surface area contributed by atoms with Gasteiger partial charge in [-0.2, -0.15) is 0 Å². The summed E-state index contributed by atoms with van der Waals surface area (Å²) >= 11 is 0. The lowest BCUT2D eigenvalue weighted by Crippen LogP contribution is -2.06. The number of rotatable bonds is 8. The van der Waals surface area contributed by atoms with Crippen molar-refractivity contribution in [3.63, 3.8) is 0 Å². The fourth-order valence-corrected chi connectivity index (χ4v) is 3.36. The van der Waals surface area contributed by atoms with Gasteiger partial charge in [-0.15, -0.1) is 5.73 Å². The van der Waals surface area contributed by atoms with Gasteiger partial charge in [-0.1, -0.05) is 30.3 Å². The molecule has 0 aliphatic carbocycles. The Kier molecular flexibility index (Phi) is 7.62. The van der Waals surface area contributed by atoms with Crippen LogP contribution in [0.2, 0.25) is 0 Å². The van der Waals surface area contributed by atoms with Crippen LogP contribution in [0.3, 0.4) is 0 Å². The van der Waals surface area contributed by atoms with Gasteiger partial charge in [0.25, 0.3) is 0 Å². The summed E-state index contributed by atoms with van der Waals surface area (Å²) in [5.74, 6) is 0. The zero-order valence-electron chi connectivity index (χ0n) is 12.2. The molecule has 0 saturated carbocycles. The molecule has 0 spiro atoms. The van der Waals surface area contributed by atoms with E-state index in [1.807, 2.05) is 6.07 Å². The molecule has 0 amide bonds. The molecule has 0 aliphatic heterocycles. The maximum absolute atomic E-state index is 12.9. The second-order valence-corrected chi connectivity index (χ2v) is 6.07. The highest BCUT2D eigenvalue weighted by Crippen LogP contribution is 2.59. The van der Waals surface area contributed by atoms with Gasteiger partial charge in [-0.05, 0) is 25.5 Å². The first kappa shape index (κ1) is 17.9. The van der Waals surface area contributed by atoms with Crippen LogP contribution >= 0.6 is 7.60 Å². The van der Waals surface area contributed by atoms with Crippen molar-refractivity contribution in [3.8, 4) is 0 Å². The Morgan fingerprint density at radius 1 is 1.29 bits per heavy atom. The van der Waals surface area contributed by atoms with Gasteiger partial charge in [0, 0.05) is 0 Å². The third-order valence-corrected chi connectivity index (χ3v) is 4.65. The molecule has 0 fully saturated rings. The maximum atomic E-state index is 12.9. The standard InChI is InChI=1S/C15H21O5P/c1-3-19-21(18,20-4-2)15(11-10-14(17)12-16)13-8-6-5-7-9-13/h5-10,14,16-17H,3-4,12H2,1-2H3/t11?,14-/m1/s1. The molecule has 0 bridgehead atoms. The largest absolute Gasteiger partial charge is 0.393 e. The van der Waals surface area contributed by atoms with Gasteiger partial charge >= 0.3 is 7.60 Å². The van der Waals surface area contributed by atoms with E-state index in [9.17, 15) is 9.67 Å². The molecule has 1 aromatic rings. The zero-order chi connectivity index (χ0) is 15.7. The Balaban J connectivity index is 3.37. The Morgan fingerprint density at radius 2 is 1.86 bits per heavy atom. The Labute approximate surface area is 125 Å². The normalized spacial score (nSPS) is 12.6. The zero-order valence-corrected chi connectivity index (χ0v) is 13.1. The van der Waals surface area contributed by atoms with Crippen molar-refractivity contribution in [2.24, 2.45) is 0 Å². The monoisotopic (exact) mass is 312 g/mol. The molecular weight excluding hydrogens is 291 g/mol. The summed E-state index contributed by atoms with van der Waals surface area (Å²) in [6.45, 7) is 3.44. The van der Waals surface area contributed by atoms with Gasteiger partial charge in [0.05, 0.1) is 19.8 Å². The molecular formula is C15H21O5P. The summed E-state index contributed by atoms with van der Waals surface area (Å²) in [5.41, 5.74) is 3.39. The summed E-state index contributed by atoms with van der Waals surface area (Å²) in [6, 6.07) is 8.93. The average molecular weight is 312 g/mol. The molecule has 5 nitrogen and oxygen atoms in total. The highest BCUT2D eigenvalue weighted by molar-refractivity contribution is 7.65. The predicted octanol–water partition coefficient (Wildman–Crippen LogP) is 2.80. The second-order valence-electron chi connectivity index (χ2n) is 4.11. The van der Waals surface area contributed by atoms with E-state index in [-0.39, 0.29) is 18.5 Å². The topological polar surface area (TPSA) is 76.0 Å². The lowest BCUT2D eigenvalue weighted by atomic mass is 10.2. The van der Waals surface area contributed by atoms with E-state index in [0.717, 1.165) is 0 Å². The van der Waals surface area contributed by atoms with E-state index in [2.05, 4.69) is 5.73 Å². The van der Waals surface area contributed by atoms with Crippen molar-refractivity contribution in [1.82, 2.24) is 0 Å². The van der Waals surface area contributed by atoms with Crippen molar-refractivity contribution in [2.75, 3.05) is 19.8 Å². The van der Waals surface area contributed by atoms with Crippen LogP contribution in [0.4, 0.5) is 0 Å². The van der Waals surface area contributed by atoms with Crippen LogP contribution in [0.1, 0.15) is 19.4 Å². The summed E-state index contributed by atoms with van der Waals surface area (Å²) in [4.78, 5) is 0. The van der Waals surface area contributed by atoms with Crippen molar-refractivity contribution in [1.29, 1.82) is 0 Å². The van der Waals surface area contributed by atoms with E-state index in [0.29, 0.717) is 5.56 Å². The molecule has 21 heavy (non-hydrogen) atoms. The van der Waals surface area contributed by atoms with Crippen LogP contribution in [0.15, 0.2) is 42.1 Å². The fraction of sp³-hybridized carbons (Fsp3) is 0.400. The molecule has 0 unspecified atom stereocenters. The first-order valence-corrected chi connectivity index (χ1v) is 8.32. The Bertz CT molecular complexity index is 524. The van der Waals surface area contributed by atoms with E-state index in [4.69, 9.17) is 14.2 Å². The molecule has 0 aromatic heterocycles. The van der Waals surface area contributed by atoms with Crippen LogP contribution in [0.25, 0.3) is 5.31 Å².